The zero-order valence-electron chi connectivity index (χ0n) is 9.45. The second kappa shape index (κ2) is 5.90. The number of carbonyl (C=O) groups is 2. The summed E-state index contributed by atoms with van der Waals surface area (Å²) in [5, 5.41) is 2.51. The van der Waals surface area contributed by atoms with Gasteiger partial charge in [0.2, 0.25) is 0 Å². The van der Waals surface area contributed by atoms with Crippen LogP contribution in [0.2, 0.25) is 0 Å². The highest BCUT2D eigenvalue weighted by Gasteiger charge is 2.09. The number of ether oxygens (including phenoxy) is 1. The Balaban J connectivity index is 2.54. The van der Waals surface area contributed by atoms with Gasteiger partial charge in [0.05, 0.1) is 6.61 Å². The third-order valence-electron chi connectivity index (χ3n) is 2.09. The first kappa shape index (κ1) is 12.2. The summed E-state index contributed by atoms with van der Waals surface area (Å²) in [6.07, 6.45) is 0. The number of carbonyl (C=O) groups excluding carboxylic acids is 2. The molecule has 0 spiro atoms. The van der Waals surface area contributed by atoms with E-state index in [2.05, 4.69) is 5.32 Å². The Morgan fingerprint density at radius 2 is 2.00 bits per heavy atom. The molecule has 0 radical (unpaired) electrons. The predicted molar refractivity (Wildman–Crippen MR) is 60.1 cm³/mol. The quantitative estimate of drug-likeness (QED) is 0.779. The van der Waals surface area contributed by atoms with Crippen LogP contribution in [-0.4, -0.2) is 25.0 Å². The zero-order chi connectivity index (χ0) is 12.0. The van der Waals surface area contributed by atoms with Gasteiger partial charge < -0.3 is 10.1 Å². The third kappa shape index (κ3) is 3.38. The van der Waals surface area contributed by atoms with Gasteiger partial charge in [-0.1, -0.05) is 18.2 Å². The Hall–Kier alpha value is -1.84. The summed E-state index contributed by atoms with van der Waals surface area (Å²) in [7, 11) is 0. The number of aryl methyl sites for hydroxylation is 1. The lowest BCUT2D eigenvalue weighted by atomic mass is 10.1. The molecule has 0 saturated carbocycles. The second-order valence-electron chi connectivity index (χ2n) is 3.30. The molecule has 0 heterocycles. The molecule has 0 aromatic heterocycles. The molecule has 4 heteroatoms. The molecule has 0 fully saturated rings. The van der Waals surface area contributed by atoms with E-state index in [4.69, 9.17) is 4.74 Å². The van der Waals surface area contributed by atoms with Crippen molar-refractivity contribution in [3.63, 3.8) is 0 Å². The largest absolute Gasteiger partial charge is 0.465 e. The molecule has 1 aromatic rings. The maximum atomic E-state index is 11.7. The molecule has 1 rings (SSSR count). The van der Waals surface area contributed by atoms with Gasteiger partial charge in [-0.05, 0) is 25.5 Å². The Labute approximate surface area is 94.6 Å². The van der Waals surface area contributed by atoms with Crippen molar-refractivity contribution in [1.82, 2.24) is 5.32 Å². The van der Waals surface area contributed by atoms with Crippen molar-refractivity contribution >= 4 is 11.9 Å². The minimum atomic E-state index is -0.426. The van der Waals surface area contributed by atoms with E-state index in [1.165, 1.54) is 0 Å². The molecule has 0 aliphatic carbocycles. The summed E-state index contributed by atoms with van der Waals surface area (Å²) in [6, 6.07) is 7.21. The average Bonchev–Trinajstić information content (AvgIpc) is 2.27. The first-order chi connectivity index (χ1) is 7.65. The number of benzene rings is 1. The van der Waals surface area contributed by atoms with Gasteiger partial charge in [0.1, 0.15) is 6.54 Å². The van der Waals surface area contributed by atoms with Crippen LogP contribution in [0.3, 0.4) is 0 Å². The maximum absolute atomic E-state index is 11.7. The fourth-order valence-corrected chi connectivity index (χ4v) is 1.29. The summed E-state index contributed by atoms with van der Waals surface area (Å²) in [4.78, 5) is 22.7. The summed E-state index contributed by atoms with van der Waals surface area (Å²) >= 11 is 0. The molecule has 0 aliphatic rings. The van der Waals surface area contributed by atoms with Gasteiger partial charge >= 0.3 is 5.97 Å². The number of hydrogen-bond donors (Lipinski definition) is 1. The van der Waals surface area contributed by atoms with Gasteiger partial charge in [0.15, 0.2) is 0 Å². The summed E-state index contributed by atoms with van der Waals surface area (Å²) < 4.78 is 4.70. The molecule has 86 valence electrons. The fourth-order valence-electron chi connectivity index (χ4n) is 1.29. The molecule has 0 bridgehead atoms. The van der Waals surface area contributed by atoms with Crippen LogP contribution in [0.25, 0.3) is 0 Å². The van der Waals surface area contributed by atoms with Crippen molar-refractivity contribution < 1.29 is 14.3 Å². The highest BCUT2D eigenvalue weighted by molar-refractivity contribution is 5.97. The summed E-state index contributed by atoms with van der Waals surface area (Å²) in [5.74, 6) is -0.685. The minimum Gasteiger partial charge on any atom is -0.465 e. The first-order valence-electron chi connectivity index (χ1n) is 5.14. The van der Waals surface area contributed by atoms with Gasteiger partial charge in [0, 0.05) is 5.56 Å². The summed E-state index contributed by atoms with van der Waals surface area (Å²) in [5.41, 5.74) is 1.45. The smallest absolute Gasteiger partial charge is 0.325 e. The Morgan fingerprint density at radius 3 is 2.62 bits per heavy atom. The lowest BCUT2D eigenvalue weighted by molar-refractivity contribution is -0.141. The summed E-state index contributed by atoms with van der Waals surface area (Å²) in [6.45, 7) is 3.79. The van der Waals surface area contributed by atoms with E-state index in [9.17, 15) is 9.59 Å². The number of nitrogens with one attached hydrogen (secondary N) is 1. The van der Waals surface area contributed by atoms with Gasteiger partial charge in [-0.3, -0.25) is 9.59 Å². The molecule has 1 aromatic carbocycles. The van der Waals surface area contributed by atoms with Gasteiger partial charge in [0.25, 0.3) is 5.91 Å². The van der Waals surface area contributed by atoms with Crippen LogP contribution in [-0.2, 0) is 9.53 Å². The van der Waals surface area contributed by atoms with Gasteiger partial charge in [-0.25, -0.2) is 0 Å². The van der Waals surface area contributed by atoms with E-state index in [1.54, 1.807) is 19.1 Å². The van der Waals surface area contributed by atoms with E-state index < -0.39 is 5.97 Å². The lowest BCUT2D eigenvalue weighted by Crippen LogP contribution is -2.31. The van der Waals surface area contributed by atoms with E-state index >= 15 is 0 Å². The van der Waals surface area contributed by atoms with Gasteiger partial charge in [-0.15, -0.1) is 0 Å². The van der Waals surface area contributed by atoms with Crippen LogP contribution in [0.4, 0.5) is 0 Å². The monoisotopic (exact) mass is 221 g/mol. The maximum Gasteiger partial charge on any atom is 0.325 e. The fraction of sp³-hybridized carbons (Fsp3) is 0.333. The van der Waals surface area contributed by atoms with Gasteiger partial charge in [-0.2, -0.15) is 0 Å². The molecule has 0 saturated heterocycles. The van der Waals surface area contributed by atoms with Crippen LogP contribution in [0.15, 0.2) is 24.3 Å². The molecule has 0 unspecified atom stereocenters. The molecule has 0 atom stereocenters. The molecule has 4 nitrogen and oxygen atoms in total. The van der Waals surface area contributed by atoms with Crippen LogP contribution < -0.4 is 5.32 Å². The Bertz CT molecular complexity index is 388. The van der Waals surface area contributed by atoms with Crippen LogP contribution >= 0.6 is 0 Å². The Kier molecular flexibility index (Phi) is 4.51. The average molecular weight is 221 g/mol. The second-order valence-corrected chi connectivity index (χ2v) is 3.30. The van der Waals surface area contributed by atoms with Crippen molar-refractivity contribution in [1.29, 1.82) is 0 Å². The predicted octanol–water partition coefficient (Wildman–Crippen LogP) is 1.29. The van der Waals surface area contributed by atoms with E-state index in [0.29, 0.717) is 12.2 Å². The van der Waals surface area contributed by atoms with Crippen molar-refractivity contribution in [3.05, 3.63) is 35.4 Å². The van der Waals surface area contributed by atoms with Crippen molar-refractivity contribution in [2.75, 3.05) is 13.2 Å². The van der Waals surface area contributed by atoms with E-state index in [1.807, 2.05) is 19.1 Å². The van der Waals surface area contributed by atoms with Crippen LogP contribution in [0.5, 0.6) is 0 Å². The lowest BCUT2D eigenvalue weighted by Gasteiger charge is -2.06. The standard InChI is InChI=1S/C12H15NO3/c1-3-16-11(14)8-13-12(15)10-7-5-4-6-9(10)2/h4-7H,3,8H2,1-2H3,(H,13,15). The van der Waals surface area contributed by atoms with Crippen LogP contribution in [0, 0.1) is 6.92 Å². The van der Waals surface area contributed by atoms with E-state index in [-0.39, 0.29) is 12.5 Å². The van der Waals surface area contributed by atoms with Crippen molar-refractivity contribution in [2.24, 2.45) is 0 Å². The molecular formula is C12H15NO3. The molecule has 16 heavy (non-hydrogen) atoms. The number of hydrogen-bond acceptors (Lipinski definition) is 3. The van der Waals surface area contributed by atoms with E-state index in [0.717, 1.165) is 5.56 Å². The first-order valence-corrected chi connectivity index (χ1v) is 5.14. The zero-order valence-corrected chi connectivity index (χ0v) is 9.45. The number of esters is 1. The SMILES string of the molecule is CCOC(=O)CNC(=O)c1ccccc1C. The topological polar surface area (TPSA) is 55.4 Å². The Morgan fingerprint density at radius 1 is 1.31 bits per heavy atom. The third-order valence-corrected chi connectivity index (χ3v) is 2.09. The molecule has 1 amide bonds. The normalized spacial score (nSPS) is 9.62. The molecule has 0 aliphatic heterocycles. The number of rotatable bonds is 4. The highest BCUT2D eigenvalue weighted by atomic mass is 16.5. The van der Waals surface area contributed by atoms with Crippen LogP contribution in [0.1, 0.15) is 22.8 Å². The highest BCUT2D eigenvalue weighted by Crippen LogP contribution is 2.05. The molecule has 1 N–H and O–H groups in total. The van der Waals surface area contributed by atoms with Crippen molar-refractivity contribution in [3.8, 4) is 0 Å². The van der Waals surface area contributed by atoms with Crippen molar-refractivity contribution in [2.45, 2.75) is 13.8 Å². The number of amides is 1. The minimum absolute atomic E-state index is 0.0962. The molecular weight excluding hydrogens is 206 g/mol.